The molecule has 0 amide bonds. The van der Waals surface area contributed by atoms with Crippen molar-refractivity contribution in [3.8, 4) is 5.75 Å². The standard InChI is InChI=1S/C22H30N4O2/c1-3-24-22(25-11-8-18-5-4-10-23-14-18)26-15-19-7-6-17(2)13-21(19)28-20-9-12-27-16-20/h4-7,10,13-14,20H,3,8-9,11-12,15-16H2,1-2H3,(H2,24,25,26). The Morgan fingerprint density at radius 3 is 3.00 bits per heavy atom. The molecular weight excluding hydrogens is 352 g/mol. The highest BCUT2D eigenvalue weighted by molar-refractivity contribution is 5.79. The first kappa shape index (κ1) is 20.1. The predicted octanol–water partition coefficient (Wildman–Crippen LogP) is 2.86. The highest BCUT2D eigenvalue weighted by Gasteiger charge is 2.18. The maximum atomic E-state index is 6.18. The number of ether oxygens (including phenoxy) is 2. The van der Waals surface area contributed by atoms with Crippen LogP contribution in [-0.4, -0.2) is 43.4 Å². The summed E-state index contributed by atoms with van der Waals surface area (Å²) >= 11 is 0. The summed E-state index contributed by atoms with van der Waals surface area (Å²) in [5.41, 5.74) is 3.48. The quantitative estimate of drug-likeness (QED) is 0.543. The smallest absolute Gasteiger partial charge is 0.191 e. The van der Waals surface area contributed by atoms with E-state index in [1.54, 1.807) is 6.20 Å². The number of hydrogen-bond acceptors (Lipinski definition) is 4. The summed E-state index contributed by atoms with van der Waals surface area (Å²) < 4.78 is 11.6. The van der Waals surface area contributed by atoms with Gasteiger partial charge in [-0.3, -0.25) is 4.98 Å². The zero-order valence-corrected chi connectivity index (χ0v) is 16.8. The number of aromatic nitrogens is 1. The maximum Gasteiger partial charge on any atom is 0.191 e. The van der Waals surface area contributed by atoms with Crippen LogP contribution in [0, 0.1) is 6.92 Å². The number of rotatable bonds is 8. The molecular formula is C22H30N4O2. The molecule has 150 valence electrons. The van der Waals surface area contributed by atoms with Crippen LogP contribution < -0.4 is 15.4 Å². The molecule has 1 aliphatic heterocycles. The van der Waals surface area contributed by atoms with Crippen molar-refractivity contribution in [2.45, 2.75) is 39.3 Å². The summed E-state index contributed by atoms with van der Waals surface area (Å²) in [6, 6.07) is 10.3. The molecule has 1 unspecified atom stereocenters. The topological polar surface area (TPSA) is 67.8 Å². The van der Waals surface area contributed by atoms with Gasteiger partial charge < -0.3 is 20.1 Å². The van der Waals surface area contributed by atoms with E-state index < -0.39 is 0 Å². The normalized spacial score (nSPS) is 16.8. The molecule has 1 aromatic carbocycles. The second-order valence-corrected chi connectivity index (χ2v) is 6.95. The van der Waals surface area contributed by atoms with Crippen molar-refractivity contribution in [2.24, 2.45) is 4.99 Å². The van der Waals surface area contributed by atoms with Crippen molar-refractivity contribution in [2.75, 3.05) is 26.3 Å². The van der Waals surface area contributed by atoms with Crippen LogP contribution in [0.15, 0.2) is 47.7 Å². The van der Waals surface area contributed by atoms with Crippen LogP contribution >= 0.6 is 0 Å². The van der Waals surface area contributed by atoms with Crippen molar-refractivity contribution in [3.63, 3.8) is 0 Å². The minimum atomic E-state index is 0.135. The number of benzene rings is 1. The largest absolute Gasteiger partial charge is 0.488 e. The fraction of sp³-hybridized carbons (Fsp3) is 0.455. The van der Waals surface area contributed by atoms with E-state index in [0.29, 0.717) is 13.2 Å². The van der Waals surface area contributed by atoms with Crippen molar-refractivity contribution in [1.29, 1.82) is 0 Å². The lowest BCUT2D eigenvalue weighted by Gasteiger charge is -2.16. The number of aryl methyl sites for hydroxylation is 1. The zero-order chi connectivity index (χ0) is 19.6. The Labute approximate surface area is 167 Å². The van der Waals surface area contributed by atoms with E-state index in [1.807, 2.05) is 12.3 Å². The number of nitrogens with one attached hydrogen (secondary N) is 2. The zero-order valence-electron chi connectivity index (χ0n) is 16.8. The number of aliphatic imine (C=N–C) groups is 1. The summed E-state index contributed by atoms with van der Waals surface area (Å²) in [6.07, 6.45) is 5.67. The van der Waals surface area contributed by atoms with Gasteiger partial charge >= 0.3 is 0 Å². The summed E-state index contributed by atoms with van der Waals surface area (Å²) in [4.78, 5) is 8.90. The third-order valence-corrected chi connectivity index (χ3v) is 4.58. The fourth-order valence-electron chi connectivity index (χ4n) is 3.06. The molecule has 0 bridgehead atoms. The first-order valence-electron chi connectivity index (χ1n) is 9.99. The van der Waals surface area contributed by atoms with Gasteiger partial charge in [0.2, 0.25) is 0 Å². The van der Waals surface area contributed by atoms with Crippen LogP contribution in [0.3, 0.4) is 0 Å². The third kappa shape index (κ3) is 6.23. The average Bonchev–Trinajstić information content (AvgIpc) is 3.21. The minimum absolute atomic E-state index is 0.135. The van der Waals surface area contributed by atoms with E-state index >= 15 is 0 Å². The monoisotopic (exact) mass is 382 g/mol. The van der Waals surface area contributed by atoms with Gasteiger partial charge in [-0.15, -0.1) is 0 Å². The Morgan fingerprint density at radius 1 is 1.32 bits per heavy atom. The summed E-state index contributed by atoms with van der Waals surface area (Å²) in [5, 5.41) is 6.70. The van der Waals surface area contributed by atoms with Crippen molar-refractivity contribution >= 4 is 5.96 Å². The van der Waals surface area contributed by atoms with Crippen LogP contribution in [0.2, 0.25) is 0 Å². The fourth-order valence-corrected chi connectivity index (χ4v) is 3.06. The molecule has 2 N–H and O–H groups in total. The second kappa shape index (κ2) is 10.7. The Balaban J connectivity index is 1.61. The molecule has 1 saturated heterocycles. The predicted molar refractivity (Wildman–Crippen MR) is 112 cm³/mol. The summed E-state index contributed by atoms with van der Waals surface area (Å²) in [5.74, 6) is 1.72. The second-order valence-electron chi connectivity index (χ2n) is 6.95. The Bertz CT molecular complexity index is 758. The minimum Gasteiger partial charge on any atom is -0.488 e. The molecule has 6 nitrogen and oxygen atoms in total. The van der Waals surface area contributed by atoms with Crippen molar-refractivity contribution < 1.29 is 9.47 Å². The van der Waals surface area contributed by atoms with Gasteiger partial charge in [-0.1, -0.05) is 18.2 Å². The van der Waals surface area contributed by atoms with E-state index in [2.05, 4.69) is 53.7 Å². The molecule has 0 saturated carbocycles. The lowest BCUT2D eigenvalue weighted by atomic mass is 10.1. The molecule has 3 rings (SSSR count). The van der Waals surface area contributed by atoms with E-state index in [4.69, 9.17) is 14.5 Å². The van der Waals surface area contributed by atoms with Crippen LogP contribution in [0.5, 0.6) is 5.75 Å². The van der Waals surface area contributed by atoms with Crippen molar-refractivity contribution in [3.05, 3.63) is 59.4 Å². The lowest BCUT2D eigenvalue weighted by molar-refractivity contribution is 0.140. The highest BCUT2D eigenvalue weighted by atomic mass is 16.5. The van der Waals surface area contributed by atoms with E-state index in [0.717, 1.165) is 49.8 Å². The van der Waals surface area contributed by atoms with Gasteiger partial charge in [0, 0.05) is 37.5 Å². The molecule has 28 heavy (non-hydrogen) atoms. The van der Waals surface area contributed by atoms with Gasteiger partial charge in [0.15, 0.2) is 5.96 Å². The van der Waals surface area contributed by atoms with Crippen molar-refractivity contribution in [1.82, 2.24) is 15.6 Å². The summed E-state index contributed by atoms with van der Waals surface area (Å²) in [6.45, 7) is 7.76. The molecule has 0 aliphatic carbocycles. The van der Waals surface area contributed by atoms with Gasteiger partial charge in [0.05, 0.1) is 19.8 Å². The molecule has 1 atom stereocenters. The van der Waals surface area contributed by atoms with E-state index in [-0.39, 0.29) is 6.10 Å². The molecule has 2 heterocycles. The molecule has 0 spiro atoms. The molecule has 1 fully saturated rings. The average molecular weight is 383 g/mol. The molecule has 1 aromatic heterocycles. The van der Waals surface area contributed by atoms with Gasteiger partial charge in [0.1, 0.15) is 11.9 Å². The van der Waals surface area contributed by atoms with Crippen LogP contribution in [0.25, 0.3) is 0 Å². The first-order valence-corrected chi connectivity index (χ1v) is 9.99. The molecule has 1 aliphatic rings. The van der Waals surface area contributed by atoms with E-state index in [9.17, 15) is 0 Å². The van der Waals surface area contributed by atoms with Gasteiger partial charge in [0.25, 0.3) is 0 Å². The number of guanidine groups is 1. The SMILES string of the molecule is CCNC(=NCc1ccc(C)cc1OC1CCOC1)NCCc1cccnc1. The van der Waals surface area contributed by atoms with Crippen LogP contribution in [-0.2, 0) is 17.7 Å². The van der Waals surface area contributed by atoms with Crippen LogP contribution in [0.1, 0.15) is 30.0 Å². The maximum absolute atomic E-state index is 6.18. The number of hydrogen-bond donors (Lipinski definition) is 2. The Hall–Kier alpha value is -2.60. The Kier molecular flexibility index (Phi) is 7.67. The molecule has 0 radical (unpaired) electrons. The first-order chi connectivity index (χ1) is 13.7. The summed E-state index contributed by atoms with van der Waals surface area (Å²) in [7, 11) is 0. The van der Waals surface area contributed by atoms with Gasteiger partial charge in [-0.05, 0) is 43.5 Å². The van der Waals surface area contributed by atoms with Gasteiger partial charge in [-0.25, -0.2) is 4.99 Å². The Morgan fingerprint density at radius 2 is 2.25 bits per heavy atom. The number of nitrogens with zero attached hydrogens (tertiary/aromatic N) is 2. The lowest BCUT2D eigenvalue weighted by Crippen LogP contribution is -2.38. The third-order valence-electron chi connectivity index (χ3n) is 4.58. The van der Waals surface area contributed by atoms with Crippen LogP contribution in [0.4, 0.5) is 0 Å². The number of pyridine rings is 1. The van der Waals surface area contributed by atoms with Gasteiger partial charge in [-0.2, -0.15) is 0 Å². The van der Waals surface area contributed by atoms with E-state index in [1.165, 1.54) is 11.1 Å². The molecule has 2 aromatic rings. The highest BCUT2D eigenvalue weighted by Crippen LogP contribution is 2.24. The molecule has 6 heteroatoms.